The summed E-state index contributed by atoms with van der Waals surface area (Å²) in [6.45, 7) is 3.83. The lowest BCUT2D eigenvalue weighted by Crippen LogP contribution is -2.40. The fourth-order valence-electron chi connectivity index (χ4n) is 1.80. The molecular weight excluding hydrogens is 262 g/mol. The molecule has 1 aromatic heterocycles. The van der Waals surface area contributed by atoms with Crippen LogP contribution in [0.4, 0.5) is 0 Å². The molecule has 0 aliphatic rings. The van der Waals surface area contributed by atoms with E-state index >= 15 is 0 Å². The molecule has 0 aliphatic carbocycles. The van der Waals surface area contributed by atoms with E-state index in [0.29, 0.717) is 6.42 Å². The second kappa shape index (κ2) is 7.94. The number of hydrogen-bond acceptors (Lipinski definition) is 3. The van der Waals surface area contributed by atoms with Gasteiger partial charge in [0.25, 0.3) is 0 Å². The van der Waals surface area contributed by atoms with Gasteiger partial charge >= 0.3 is 5.97 Å². The second-order valence-electron chi connectivity index (χ2n) is 4.95. The Kier molecular flexibility index (Phi) is 6.56. The first-order valence-electron chi connectivity index (χ1n) is 6.52. The highest BCUT2D eigenvalue weighted by Crippen LogP contribution is 2.12. The first-order valence-corrected chi connectivity index (χ1v) is 7.40. The van der Waals surface area contributed by atoms with E-state index in [-0.39, 0.29) is 24.3 Å². The van der Waals surface area contributed by atoms with E-state index in [1.807, 2.05) is 25.3 Å². The quantitative estimate of drug-likeness (QED) is 0.771. The monoisotopic (exact) mass is 283 g/mol. The average molecular weight is 283 g/mol. The summed E-state index contributed by atoms with van der Waals surface area (Å²) < 4.78 is 0. The van der Waals surface area contributed by atoms with Crippen LogP contribution < -0.4 is 5.32 Å². The third kappa shape index (κ3) is 6.38. The minimum atomic E-state index is -0.877. The van der Waals surface area contributed by atoms with Gasteiger partial charge in [0.2, 0.25) is 5.91 Å². The molecule has 0 saturated heterocycles. The van der Waals surface area contributed by atoms with Gasteiger partial charge in [-0.05, 0) is 30.2 Å². The lowest BCUT2D eigenvalue weighted by molar-refractivity contribution is -0.138. The topological polar surface area (TPSA) is 66.4 Å². The molecule has 0 aromatic carbocycles. The Morgan fingerprint density at radius 3 is 2.68 bits per heavy atom. The first kappa shape index (κ1) is 15.7. The van der Waals surface area contributed by atoms with Crippen molar-refractivity contribution in [2.45, 2.75) is 45.6 Å². The molecule has 106 valence electrons. The number of aliphatic carboxylic acids is 1. The Morgan fingerprint density at radius 2 is 2.16 bits per heavy atom. The lowest BCUT2D eigenvalue weighted by Gasteiger charge is -2.20. The van der Waals surface area contributed by atoms with Gasteiger partial charge in [-0.1, -0.05) is 19.9 Å². The molecule has 0 aliphatic heterocycles. The average Bonchev–Trinajstić information content (AvgIpc) is 2.80. The summed E-state index contributed by atoms with van der Waals surface area (Å²) >= 11 is 1.69. The van der Waals surface area contributed by atoms with Crippen molar-refractivity contribution in [1.82, 2.24) is 5.32 Å². The van der Waals surface area contributed by atoms with Crippen LogP contribution >= 0.6 is 11.3 Å². The number of carbonyl (C=O) groups is 2. The van der Waals surface area contributed by atoms with E-state index in [1.165, 1.54) is 4.88 Å². The van der Waals surface area contributed by atoms with Crippen LogP contribution in [-0.2, 0) is 16.0 Å². The van der Waals surface area contributed by atoms with Crippen LogP contribution in [0.15, 0.2) is 17.5 Å². The van der Waals surface area contributed by atoms with E-state index in [1.54, 1.807) is 11.3 Å². The summed E-state index contributed by atoms with van der Waals surface area (Å²) in [5.74, 6) is -0.813. The Bertz CT molecular complexity index is 401. The summed E-state index contributed by atoms with van der Waals surface area (Å²) in [6, 6.07) is 3.78. The Morgan fingerprint density at radius 1 is 1.42 bits per heavy atom. The number of thiophene rings is 1. The van der Waals surface area contributed by atoms with E-state index in [0.717, 1.165) is 12.8 Å². The van der Waals surface area contributed by atoms with Crippen molar-refractivity contribution < 1.29 is 14.7 Å². The number of carboxylic acids is 1. The number of carbonyl (C=O) groups excluding carboxylic acids is 1. The van der Waals surface area contributed by atoms with Gasteiger partial charge in [0.1, 0.15) is 0 Å². The number of amides is 1. The van der Waals surface area contributed by atoms with Gasteiger partial charge in [-0.25, -0.2) is 0 Å². The summed E-state index contributed by atoms with van der Waals surface area (Å²) in [5, 5.41) is 13.6. The maximum atomic E-state index is 11.8. The molecule has 4 nitrogen and oxygen atoms in total. The summed E-state index contributed by atoms with van der Waals surface area (Å²) in [7, 11) is 0. The molecule has 1 rings (SSSR count). The largest absolute Gasteiger partial charge is 0.481 e. The molecule has 1 amide bonds. The Labute approximate surface area is 117 Å². The van der Waals surface area contributed by atoms with Crippen molar-refractivity contribution in [3.05, 3.63) is 22.4 Å². The fraction of sp³-hybridized carbons (Fsp3) is 0.571. The summed E-state index contributed by atoms with van der Waals surface area (Å²) in [6.07, 6.45) is 2.12. The number of hydrogen-bond donors (Lipinski definition) is 2. The van der Waals surface area contributed by atoms with Gasteiger partial charge in [-0.3, -0.25) is 9.59 Å². The molecule has 1 aromatic rings. The Balaban J connectivity index is 2.29. The maximum absolute atomic E-state index is 11.8. The standard InChI is InChI=1S/C14H21NO3S/c1-10(2)12(9-14(17)18)15-13(16)7-3-5-11-6-4-8-19-11/h4,6,8,10,12H,3,5,7,9H2,1-2H3,(H,15,16)(H,17,18). The van der Waals surface area contributed by atoms with Crippen molar-refractivity contribution in [3.8, 4) is 0 Å². The van der Waals surface area contributed by atoms with Crippen molar-refractivity contribution >= 4 is 23.2 Å². The SMILES string of the molecule is CC(C)C(CC(=O)O)NC(=O)CCCc1cccs1. The number of nitrogens with one attached hydrogen (secondary N) is 1. The molecule has 0 spiro atoms. The van der Waals surface area contributed by atoms with Crippen LogP contribution in [0.5, 0.6) is 0 Å². The van der Waals surface area contributed by atoms with Gasteiger partial charge in [0.05, 0.1) is 6.42 Å². The first-order chi connectivity index (χ1) is 8.99. The van der Waals surface area contributed by atoms with Crippen molar-refractivity contribution in [2.75, 3.05) is 0 Å². The normalized spacial score (nSPS) is 12.4. The smallest absolute Gasteiger partial charge is 0.305 e. The number of rotatable bonds is 8. The second-order valence-corrected chi connectivity index (χ2v) is 5.98. The molecular formula is C14H21NO3S. The van der Waals surface area contributed by atoms with E-state index in [2.05, 4.69) is 11.4 Å². The van der Waals surface area contributed by atoms with Gasteiger partial charge in [-0.15, -0.1) is 11.3 Å². The van der Waals surface area contributed by atoms with Crippen LogP contribution in [0.3, 0.4) is 0 Å². The van der Waals surface area contributed by atoms with Gasteiger partial charge in [0.15, 0.2) is 0 Å². The van der Waals surface area contributed by atoms with Crippen molar-refractivity contribution in [2.24, 2.45) is 5.92 Å². The zero-order valence-corrected chi connectivity index (χ0v) is 12.2. The summed E-state index contributed by atoms with van der Waals surface area (Å²) in [5.41, 5.74) is 0. The van der Waals surface area contributed by atoms with Gasteiger partial charge < -0.3 is 10.4 Å². The third-order valence-electron chi connectivity index (χ3n) is 2.95. The van der Waals surface area contributed by atoms with E-state index in [4.69, 9.17) is 5.11 Å². The lowest BCUT2D eigenvalue weighted by atomic mass is 10.0. The predicted molar refractivity (Wildman–Crippen MR) is 76.3 cm³/mol. The van der Waals surface area contributed by atoms with Crippen LogP contribution in [0.2, 0.25) is 0 Å². The molecule has 0 fully saturated rings. The van der Waals surface area contributed by atoms with E-state index in [9.17, 15) is 9.59 Å². The third-order valence-corrected chi connectivity index (χ3v) is 3.89. The van der Waals surface area contributed by atoms with Crippen LogP contribution in [0.1, 0.15) is 38.0 Å². The zero-order valence-electron chi connectivity index (χ0n) is 11.4. The molecule has 1 heterocycles. The van der Waals surface area contributed by atoms with Crippen LogP contribution in [0, 0.1) is 5.92 Å². The number of aryl methyl sites for hydroxylation is 1. The highest BCUT2D eigenvalue weighted by atomic mass is 32.1. The molecule has 0 bridgehead atoms. The molecule has 1 unspecified atom stereocenters. The molecule has 19 heavy (non-hydrogen) atoms. The Hall–Kier alpha value is -1.36. The molecule has 0 radical (unpaired) electrons. The predicted octanol–water partition coefficient (Wildman–Crippen LogP) is 2.69. The molecule has 1 atom stereocenters. The van der Waals surface area contributed by atoms with E-state index < -0.39 is 5.97 Å². The molecule has 0 saturated carbocycles. The number of carboxylic acid groups (broad SMARTS) is 1. The van der Waals surface area contributed by atoms with Crippen LogP contribution in [0.25, 0.3) is 0 Å². The van der Waals surface area contributed by atoms with Crippen LogP contribution in [-0.4, -0.2) is 23.0 Å². The minimum Gasteiger partial charge on any atom is -0.481 e. The highest BCUT2D eigenvalue weighted by molar-refractivity contribution is 7.09. The van der Waals surface area contributed by atoms with Crippen molar-refractivity contribution in [3.63, 3.8) is 0 Å². The van der Waals surface area contributed by atoms with Gasteiger partial charge in [0, 0.05) is 17.3 Å². The molecule has 2 N–H and O–H groups in total. The zero-order chi connectivity index (χ0) is 14.3. The minimum absolute atomic E-state index is 0.0195. The highest BCUT2D eigenvalue weighted by Gasteiger charge is 2.18. The van der Waals surface area contributed by atoms with Crippen molar-refractivity contribution in [1.29, 1.82) is 0 Å². The maximum Gasteiger partial charge on any atom is 0.305 e. The molecule has 5 heteroatoms. The fourth-order valence-corrected chi connectivity index (χ4v) is 2.55. The summed E-state index contributed by atoms with van der Waals surface area (Å²) in [4.78, 5) is 23.8. The van der Waals surface area contributed by atoms with Gasteiger partial charge in [-0.2, -0.15) is 0 Å².